The number of nitrogens with zero attached hydrogens (tertiary/aromatic N) is 2. The number of nitro groups is 1. The number of para-hydroxylation sites is 1. The first-order chi connectivity index (χ1) is 14.5. The monoisotopic (exact) mass is 437 g/mol. The summed E-state index contributed by atoms with van der Waals surface area (Å²) in [6, 6.07) is 8.03. The van der Waals surface area contributed by atoms with Crippen LogP contribution in [0.15, 0.2) is 42.5 Å². The largest absolute Gasteiger partial charge is 0.478 e. The number of amides is 2. The molecule has 1 N–H and O–H groups in total. The molecule has 1 unspecified atom stereocenters. The van der Waals surface area contributed by atoms with Crippen molar-refractivity contribution in [3.8, 4) is 5.75 Å². The van der Waals surface area contributed by atoms with E-state index in [0.717, 1.165) is 29.2 Å². The Labute approximate surface area is 174 Å². The van der Waals surface area contributed by atoms with Crippen molar-refractivity contribution >= 4 is 28.9 Å². The lowest BCUT2D eigenvalue weighted by atomic mass is 10.0. The van der Waals surface area contributed by atoms with Gasteiger partial charge in [-0.05, 0) is 24.1 Å². The molecule has 1 aliphatic rings. The van der Waals surface area contributed by atoms with Crippen LogP contribution >= 0.6 is 0 Å². The Kier molecular flexibility index (Phi) is 5.87. The molecule has 2 aromatic carbocycles. The molecule has 1 heterocycles. The predicted octanol–water partition coefficient (Wildman–Crippen LogP) is 4.00. The van der Waals surface area contributed by atoms with Crippen LogP contribution in [-0.4, -0.2) is 29.4 Å². The summed E-state index contributed by atoms with van der Waals surface area (Å²) in [5, 5.41) is 13.2. The average molecular weight is 437 g/mol. The van der Waals surface area contributed by atoms with E-state index < -0.39 is 46.8 Å². The first-order valence-electron chi connectivity index (χ1n) is 9.21. The maximum Gasteiger partial charge on any atom is 0.418 e. The lowest BCUT2D eigenvalue weighted by Gasteiger charge is -2.35. The molecule has 164 valence electrons. The number of nitro benzene ring substituents is 1. The van der Waals surface area contributed by atoms with Crippen LogP contribution < -0.4 is 15.0 Å². The van der Waals surface area contributed by atoms with Crippen molar-refractivity contribution in [2.45, 2.75) is 26.1 Å². The third-order valence-electron chi connectivity index (χ3n) is 4.62. The molecule has 0 aliphatic carbocycles. The van der Waals surface area contributed by atoms with Crippen LogP contribution in [0.4, 0.5) is 30.2 Å². The Morgan fingerprint density at radius 3 is 2.55 bits per heavy atom. The van der Waals surface area contributed by atoms with Crippen LogP contribution in [0.1, 0.15) is 19.4 Å². The maximum absolute atomic E-state index is 13.2. The number of benzene rings is 2. The number of alkyl halides is 3. The van der Waals surface area contributed by atoms with Crippen LogP contribution in [0.25, 0.3) is 0 Å². The van der Waals surface area contributed by atoms with E-state index in [0.29, 0.717) is 0 Å². The van der Waals surface area contributed by atoms with Gasteiger partial charge in [0.15, 0.2) is 11.9 Å². The Morgan fingerprint density at radius 1 is 1.26 bits per heavy atom. The van der Waals surface area contributed by atoms with E-state index in [1.807, 2.05) is 0 Å². The quantitative estimate of drug-likeness (QED) is 0.563. The molecule has 2 amide bonds. The summed E-state index contributed by atoms with van der Waals surface area (Å²) in [5.74, 6) is -1.72. The summed E-state index contributed by atoms with van der Waals surface area (Å²) in [7, 11) is 0. The Hall–Kier alpha value is -3.63. The lowest BCUT2D eigenvalue weighted by molar-refractivity contribution is -0.384. The third-order valence-corrected chi connectivity index (χ3v) is 4.62. The van der Waals surface area contributed by atoms with E-state index in [-0.39, 0.29) is 23.0 Å². The van der Waals surface area contributed by atoms with E-state index >= 15 is 0 Å². The number of non-ortho nitro benzene ring substituents is 1. The molecule has 2 aromatic rings. The number of fused-ring (bicyclic) bond motifs is 1. The number of anilines is 2. The van der Waals surface area contributed by atoms with Crippen LogP contribution in [0.3, 0.4) is 0 Å². The molecule has 0 fully saturated rings. The normalized spacial score (nSPS) is 16.0. The number of rotatable bonds is 5. The van der Waals surface area contributed by atoms with Gasteiger partial charge in [-0.3, -0.25) is 24.6 Å². The average Bonchev–Trinajstić information content (AvgIpc) is 2.68. The number of halogens is 3. The Bertz CT molecular complexity index is 1040. The fourth-order valence-electron chi connectivity index (χ4n) is 3.15. The van der Waals surface area contributed by atoms with Crippen molar-refractivity contribution in [3.05, 3.63) is 58.1 Å². The number of nitrogens with one attached hydrogen (secondary N) is 1. The molecule has 11 heteroatoms. The fraction of sp³-hybridized carbons (Fsp3) is 0.300. The SMILES string of the molecule is CC(C)C1Oc2cc([N+](=O)[O-])ccc2N(CC(=O)Nc2ccccc2C(F)(F)F)C1=O. The number of carbonyl (C=O) groups is 2. The Balaban J connectivity index is 1.91. The lowest BCUT2D eigenvalue weighted by Crippen LogP contribution is -2.50. The van der Waals surface area contributed by atoms with Gasteiger partial charge in [0.1, 0.15) is 6.54 Å². The highest BCUT2D eigenvalue weighted by molar-refractivity contribution is 6.06. The standard InChI is InChI=1S/C20H18F3N3O5/c1-11(2)18-19(28)25(15-8-7-12(26(29)30)9-16(15)31-18)10-17(27)24-14-6-4-3-5-13(14)20(21,22)23/h3-9,11,18H,10H2,1-2H3,(H,24,27). The van der Waals surface area contributed by atoms with Crippen molar-refractivity contribution in [1.82, 2.24) is 0 Å². The van der Waals surface area contributed by atoms with Gasteiger partial charge in [-0.25, -0.2) is 0 Å². The summed E-state index contributed by atoms with van der Waals surface area (Å²) in [6.45, 7) is 2.80. The summed E-state index contributed by atoms with van der Waals surface area (Å²) in [5.41, 5.74) is -1.61. The van der Waals surface area contributed by atoms with Gasteiger partial charge < -0.3 is 10.1 Å². The van der Waals surface area contributed by atoms with E-state index in [2.05, 4.69) is 5.32 Å². The van der Waals surface area contributed by atoms with Gasteiger partial charge in [-0.15, -0.1) is 0 Å². The fourth-order valence-corrected chi connectivity index (χ4v) is 3.15. The van der Waals surface area contributed by atoms with Gasteiger partial charge in [0.2, 0.25) is 5.91 Å². The van der Waals surface area contributed by atoms with Crippen LogP contribution in [0.5, 0.6) is 5.75 Å². The highest BCUT2D eigenvalue weighted by Crippen LogP contribution is 2.38. The summed E-state index contributed by atoms with van der Waals surface area (Å²) in [4.78, 5) is 36.9. The minimum Gasteiger partial charge on any atom is -0.478 e. The summed E-state index contributed by atoms with van der Waals surface area (Å²) >= 11 is 0. The molecule has 31 heavy (non-hydrogen) atoms. The van der Waals surface area contributed by atoms with E-state index in [9.17, 15) is 32.9 Å². The molecule has 0 aromatic heterocycles. The van der Waals surface area contributed by atoms with Crippen molar-refractivity contribution in [1.29, 1.82) is 0 Å². The van der Waals surface area contributed by atoms with Gasteiger partial charge in [-0.2, -0.15) is 13.2 Å². The number of ether oxygens (including phenoxy) is 1. The molecule has 1 aliphatic heterocycles. The summed E-state index contributed by atoms with van der Waals surface area (Å²) in [6.07, 6.45) is -5.68. The van der Waals surface area contributed by atoms with Crippen LogP contribution in [0.2, 0.25) is 0 Å². The van der Waals surface area contributed by atoms with Crippen molar-refractivity contribution in [2.75, 3.05) is 16.8 Å². The molecular weight excluding hydrogens is 419 g/mol. The van der Waals surface area contributed by atoms with Gasteiger partial charge in [0.25, 0.3) is 11.6 Å². The molecular formula is C20H18F3N3O5. The first-order valence-corrected chi connectivity index (χ1v) is 9.21. The second kappa shape index (κ2) is 8.25. The van der Waals surface area contributed by atoms with Gasteiger partial charge >= 0.3 is 6.18 Å². The first kappa shape index (κ1) is 22.1. The van der Waals surface area contributed by atoms with Crippen LogP contribution in [0, 0.1) is 16.0 Å². The number of hydrogen-bond donors (Lipinski definition) is 1. The van der Waals surface area contributed by atoms with E-state index in [4.69, 9.17) is 4.74 Å². The highest BCUT2D eigenvalue weighted by atomic mass is 19.4. The smallest absolute Gasteiger partial charge is 0.418 e. The number of carbonyl (C=O) groups excluding carboxylic acids is 2. The van der Waals surface area contributed by atoms with Gasteiger partial charge in [-0.1, -0.05) is 26.0 Å². The molecule has 3 rings (SSSR count). The second-order valence-corrected chi connectivity index (χ2v) is 7.21. The van der Waals surface area contributed by atoms with Crippen LogP contribution in [-0.2, 0) is 15.8 Å². The number of hydrogen-bond acceptors (Lipinski definition) is 5. The van der Waals surface area contributed by atoms with Gasteiger partial charge in [0, 0.05) is 6.07 Å². The highest BCUT2D eigenvalue weighted by Gasteiger charge is 2.38. The molecule has 1 atom stereocenters. The van der Waals surface area contributed by atoms with E-state index in [1.54, 1.807) is 13.8 Å². The molecule has 0 saturated carbocycles. The molecule has 8 nitrogen and oxygen atoms in total. The third kappa shape index (κ3) is 4.60. The summed E-state index contributed by atoms with van der Waals surface area (Å²) < 4.78 is 45.1. The minimum atomic E-state index is -4.67. The minimum absolute atomic E-state index is 0.0380. The van der Waals surface area contributed by atoms with Crippen molar-refractivity contribution in [3.63, 3.8) is 0 Å². The molecule has 0 radical (unpaired) electrons. The van der Waals surface area contributed by atoms with Crippen molar-refractivity contribution in [2.24, 2.45) is 5.92 Å². The zero-order chi connectivity index (χ0) is 22.9. The molecule has 0 bridgehead atoms. The van der Waals surface area contributed by atoms with Gasteiger partial charge in [0.05, 0.1) is 27.9 Å². The Morgan fingerprint density at radius 2 is 1.94 bits per heavy atom. The second-order valence-electron chi connectivity index (χ2n) is 7.21. The zero-order valence-corrected chi connectivity index (χ0v) is 16.5. The predicted molar refractivity (Wildman–Crippen MR) is 105 cm³/mol. The van der Waals surface area contributed by atoms with E-state index in [1.165, 1.54) is 18.2 Å². The molecule has 0 spiro atoms. The topological polar surface area (TPSA) is 102 Å². The van der Waals surface area contributed by atoms with Crippen molar-refractivity contribution < 1.29 is 32.4 Å². The molecule has 0 saturated heterocycles. The maximum atomic E-state index is 13.2. The zero-order valence-electron chi connectivity index (χ0n) is 16.5.